The molecule has 2 aromatic rings. The van der Waals surface area contributed by atoms with Crippen LogP contribution in [-0.2, 0) is 0 Å². The van der Waals surface area contributed by atoms with Crippen LogP contribution < -0.4 is 5.32 Å². The molecular formula is C20H19N3O4. The number of allylic oxidation sites excluding steroid dienone is 2. The van der Waals surface area contributed by atoms with Gasteiger partial charge in [-0.1, -0.05) is 24.3 Å². The van der Waals surface area contributed by atoms with Crippen molar-refractivity contribution in [2.24, 2.45) is 5.92 Å². The maximum Gasteiger partial charge on any atom is 0.292 e. The van der Waals surface area contributed by atoms with Crippen molar-refractivity contribution >= 4 is 17.1 Å². The molecule has 138 valence electrons. The average Bonchev–Trinajstić information content (AvgIpc) is 3.13. The molecule has 1 aliphatic heterocycles. The Kier molecular flexibility index (Phi) is 3.95. The summed E-state index contributed by atoms with van der Waals surface area (Å²) in [5.41, 5.74) is 4.57. The number of nitro groups is 2. The summed E-state index contributed by atoms with van der Waals surface area (Å²) in [6, 6.07) is 7.93. The van der Waals surface area contributed by atoms with Crippen LogP contribution in [0.1, 0.15) is 40.6 Å². The molecule has 3 atom stereocenters. The van der Waals surface area contributed by atoms with Crippen LogP contribution in [0.5, 0.6) is 0 Å². The standard InChI is InChI=1S/C20H19N3O4/c1-11-10-17(23(26)27)20-18(12(11)2)15-4-3-5-16(15)19(21-20)13-6-8-14(9-7-13)22(24)25/h3-4,6-10,15-16,19,21H,5H2,1-2H3/t15-,16-,19+/m1/s1. The Morgan fingerprint density at radius 3 is 2.41 bits per heavy atom. The monoisotopic (exact) mass is 365 g/mol. The highest BCUT2D eigenvalue weighted by Gasteiger charge is 2.41. The smallest absolute Gasteiger partial charge is 0.292 e. The van der Waals surface area contributed by atoms with Crippen LogP contribution in [0.2, 0.25) is 0 Å². The molecule has 0 amide bonds. The Balaban J connectivity index is 1.85. The predicted octanol–water partition coefficient (Wildman–Crippen LogP) is 4.95. The van der Waals surface area contributed by atoms with Gasteiger partial charge in [0.1, 0.15) is 5.69 Å². The minimum atomic E-state index is -0.426. The van der Waals surface area contributed by atoms with Gasteiger partial charge < -0.3 is 5.32 Å². The minimum absolute atomic E-state index is 0.0357. The van der Waals surface area contributed by atoms with Crippen LogP contribution in [0.4, 0.5) is 17.1 Å². The lowest BCUT2D eigenvalue weighted by molar-refractivity contribution is -0.384. The van der Waals surface area contributed by atoms with Crippen LogP contribution in [0.15, 0.2) is 42.5 Å². The summed E-state index contributed by atoms with van der Waals surface area (Å²) in [7, 11) is 0. The predicted molar refractivity (Wildman–Crippen MR) is 102 cm³/mol. The second-order valence-electron chi connectivity index (χ2n) is 7.21. The molecule has 0 unspecified atom stereocenters. The fourth-order valence-electron chi connectivity index (χ4n) is 4.36. The molecule has 1 heterocycles. The quantitative estimate of drug-likeness (QED) is 0.471. The second kappa shape index (κ2) is 6.19. The molecule has 0 saturated heterocycles. The summed E-state index contributed by atoms with van der Waals surface area (Å²) in [6.45, 7) is 3.91. The van der Waals surface area contributed by atoms with Gasteiger partial charge in [0.25, 0.3) is 11.4 Å². The fraction of sp³-hybridized carbons (Fsp3) is 0.300. The minimum Gasteiger partial charge on any atom is -0.372 e. The number of hydrogen-bond donors (Lipinski definition) is 1. The van der Waals surface area contributed by atoms with E-state index in [2.05, 4.69) is 17.5 Å². The molecule has 4 rings (SSSR count). The van der Waals surface area contributed by atoms with Gasteiger partial charge >= 0.3 is 0 Å². The molecule has 0 aromatic heterocycles. The number of non-ortho nitro benzene ring substituents is 1. The van der Waals surface area contributed by atoms with Crippen molar-refractivity contribution < 1.29 is 9.85 Å². The van der Waals surface area contributed by atoms with E-state index < -0.39 is 4.92 Å². The Bertz CT molecular complexity index is 982. The van der Waals surface area contributed by atoms with Crippen LogP contribution in [-0.4, -0.2) is 9.85 Å². The summed E-state index contributed by atoms with van der Waals surface area (Å²) >= 11 is 0. The summed E-state index contributed by atoms with van der Waals surface area (Å²) in [5, 5.41) is 26.0. The average molecular weight is 365 g/mol. The van der Waals surface area contributed by atoms with Crippen LogP contribution in [0.25, 0.3) is 0 Å². The van der Waals surface area contributed by atoms with Gasteiger partial charge in [0.15, 0.2) is 0 Å². The molecule has 0 saturated carbocycles. The van der Waals surface area contributed by atoms with Gasteiger partial charge in [-0.3, -0.25) is 20.2 Å². The topological polar surface area (TPSA) is 98.3 Å². The van der Waals surface area contributed by atoms with Crippen molar-refractivity contribution in [1.29, 1.82) is 0 Å². The maximum absolute atomic E-state index is 11.7. The lowest BCUT2D eigenvalue weighted by Crippen LogP contribution is -2.30. The van der Waals surface area contributed by atoms with E-state index in [1.54, 1.807) is 18.2 Å². The molecule has 7 nitrogen and oxygen atoms in total. The van der Waals surface area contributed by atoms with Gasteiger partial charge in [-0.25, -0.2) is 0 Å². The number of hydrogen-bond acceptors (Lipinski definition) is 5. The van der Waals surface area contributed by atoms with E-state index in [-0.39, 0.29) is 34.2 Å². The highest BCUT2D eigenvalue weighted by Crippen LogP contribution is 2.53. The lowest BCUT2D eigenvalue weighted by Gasteiger charge is -2.38. The normalized spacial score (nSPS) is 22.7. The van der Waals surface area contributed by atoms with E-state index in [1.807, 2.05) is 13.8 Å². The number of nitrogens with zero attached hydrogens (tertiary/aromatic N) is 2. The summed E-state index contributed by atoms with van der Waals surface area (Å²) in [5.74, 6) is 0.319. The zero-order chi connectivity index (χ0) is 19.3. The molecular weight excluding hydrogens is 346 g/mol. The number of fused-ring (bicyclic) bond motifs is 3. The molecule has 2 aliphatic rings. The highest BCUT2D eigenvalue weighted by atomic mass is 16.6. The summed E-state index contributed by atoms with van der Waals surface area (Å²) in [6.07, 6.45) is 5.12. The number of rotatable bonds is 3. The Morgan fingerprint density at radius 1 is 1.07 bits per heavy atom. The van der Waals surface area contributed by atoms with Gasteiger partial charge in [0, 0.05) is 24.1 Å². The first-order chi connectivity index (χ1) is 12.9. The fourth-order valence-corrected chi connectivity index (χ4v) is 4.36. The third-order valence-corrected chi connectivity index (χ3v) is 5.81. The van der Waals surface area contributed by atoms with Gasteiger partial charge in [0.2, 0.25) is 0 Å². The van der Waals surface area contributed by atoms with E-state index in [0.717, 1.165) is 28.7 Å². The molecule has 0 radical (unpaired) electrons. The zero-order valence-corrected chi connectivity index (χ0v) is 15.0. The molecule has 0 spiro atoms. The van der Waals surface area contributed by atoms with Crippen LogP contribution in [0.3, 0.4) is 0 Å². The van der Waals surface area contributed by atoms with E-state index in [1.165, 1.54) is 12.1 Å². The number of aryl methyl sites for hydroxylation is 1. The van der Waals surface area contributed by atoms with Crippen molar-refractivity contribution in [2.45, 2.75) is 32.2 Å². The second-order valence-corrected chi connectivity index (χ2v) is 7.21. The molecule has 0 fully saturated rings. The van der Waals surface area contributed by atoms with Gasteiger partial charge in [-0.05, 0) is 48.4 Å². The number of nitro benzene ring substituents is 2. The molecule has 0 bridgehead atoms. The largest absolute Gasteiger partial charge is 0.372 e. The lowest BCUT2D eigenvalue weighted by atomic mass is 9.74. The Morgan fingerprint density at radius 2 is 1.78 bits per heavy atom. The van der Waals surface area contributed by atoms with Crippen molar-refractivity contribution in [2.75, 3.05) is 5.32 Å². The molecule has 7 heteroatoms. The van der Waals surface area contributed by atoms with E-state index in [9.17, 15) is 20.2 Å². The first-order valence-corrected chi connectivity index (χ1v) is 8.84. The first kappa shape index (κ1) is 17.2. The summed E-state index contributed by atoms with van der Waals surface area (Å²) < 4.78 is 0. The Hall–Kier alpha value is -3.22. The molecule has 1 N–H and O–H groups in total. The van der Waals surface area contributed by atoms with Crippen LogP contribution in [0, 0.1) is 40.0 Å². The van der Waals surface area contributed by atoms with Gasteiger partial charge in [-0.15, -0.1) is 0 Å². The van der Waals surface area contributed by atoms with Gasteiger partial charge in [-0.2, -0.15) is 0 Å². The van der Waals surface area contributed by atoms with Crippen molar-refractivity contribution in [3.05, 3.63) is 85.0 Å². The van der Waals surface area contributed by atoms with Gasteiger partial charge in [0.05, 0.1) is 15.9 Å². The van der Waals surface area contributed by atoms with Crippen molar-refractivity contribution in [1.82, 2.24) is 0 Å². The zero-order valence-electron chi connectivity index (χ0n) is 15.0. The number of anilines is 1. The van der Waals surface area contributed by atoms with E-state index in [4.69, 9.17) is 0 Å². The van der Waals surface area contributed by atoms with E-state index in [0.29, 0.717) is 5.69 Å². The first-order valence-electron chi connectivity index (χ1n) is 8.84. The van der Waals surface area contributed by atoms with Crippen LogP contribution >= 0.6 is 0 Å². The third-order valence-electron chi connectivity index (χ3n) is 5.81. The number of benzene rings is 2. The molecule has 27 heavy (non-hydrogen) atoms. The number of nitrogens with one attached hydrogen (secondary N) is 1. The third kappa shape index (κ3) is 2.66. The Labute approximate surface area is 156 Å². The van der Waals surface area contributed by atoms with Crippen molar-refractivity contribution in [3.63, 3.8) is 0 Å². The SMILES string of the molecule is Cc1cc([N+](=O)[O-])c2c(c1C)[C@@H]1C=CC[C@H]1[C@H](c1ccc([N+](=O)[O-])cc1)N2. The maximum atomic E-state index is 11.7. The summed E-state index contributed by atoms with van der Waals surface area (Å²) in [4.78, 5) is 21.8. The molecule has 2 aromatic carbocycles. The van der Waals surface area contributed by atoms with E-state index >= 15 is 0 Å². The van der Waals surface area contributed by atoms with Crippen molar-refractivity contribution in [3.8, 4) is 0 Å². The highest BCUT2D eigenvalue weighted by molar-refractivity contribution is 5.74. The molecule has 1 aliphatic carbocycles.